The van der Waals surface area contributed by atoms with E-state index in [0.29, 0.717) is 25.0 Å². The summed E-state index contributed by atoms with van der Waals surface area (Å²) in [5.74, 6) is 0.703. The minimum absolute atomic E-state index is 0.575. The number of methoxy groups -OCH3 is 1. The van der Waals surface area contributed by atoms with E-state index in [0.717, 1.165) is 39.5 Å². The summed E-state index contributed by atoms with van der Waals surface area (Å²) >= 11 is 0. The number of hydrogen-bond acceptors (Lipinski definition) is 4. The van der Waals surface area contributed by atoms with E-state index >= 15 is 0 Å². The largest absolute Gasteiger partial charge is 0.495 e. The quantitative estimate of drug-likeness (QED) is 0.496. The van der Waals surface area contributed by atoms with Crippen molar-refractivity contribution in [1.29, 1.82) is 0 Å². The molecule has 30 heavy (non-hydrogen) atoms. The van der Waals surface area contributed by atoms with Crippen LogP contribution in [0.25, 0.3) is 11.0 Å². The highest BCUT2D eigenvalue weighted by molar-refractivity contribution is 5.81. The van der Waals surface area contributed by atoms with E-state index in [2.05, 4.69) is 19.9 Å². The highest BCUT2D eigenvalue weighted by atomic mass is 19.4. The van der Waals surface area contributed by atoms with Gasteiger partial charge in [-0.05, 0) is 47.7 Å². The van der Waals surface area contributed by atoms with Crippen molar-refractivity contribution >= 4 is 11.0 Å². The van der Waals surface area contributed by atoms with E-state index in [1.54, 1.807) is 13.3 Å². The zero-order valence-electron chi connectivity index (χ0n) is 16.2. The van der Waals surface area contributed by atoms with Crippen LogP contribution in [0.1, 0.15) is 28.1 Å². The molecule has 0 aliphatic heterocycles. The third-order valence-corrected chi connectivity index (χ3v) is 4.89. The topological polar surface area (TPSA) is 63.7 Å². The van der Waals surface area contributed by atoms with Crippen molar-refractivity contribution in [3.63, 3.8) is 0 Å². The Labute approximate surface area is 171 Å². The molecule has 0 amide bonds. The van der Waals surface area contributed by atoms with Gasteiger partial charge in [0.25, 0.3) is 0 Å². The maximum Gasteiger partial charge on any atom is 0.433 e. The Balaban J connectivity index is 1.40. The van der Waals surface area contributed by atoms with Crippen LogP contribution >= 0.6 is 0 Å². The van der Waals surface area contributed by atoms with Gasteiger partial charge in [-0.2, -0.15) is 13.2 Å². The van der Waals surface area contributed by atoms with Gasteiger partial charge in [0, 0.05) is 36.1 Å². The van der Waals surface area contributed by atoms with Gasteiger partial charge in [-0.3, -0.25) is 9.97 Å². The summed E-state index contributed by atoms with van der Waals surface area (Å²) in [4.78, 5) is 15.5. The molecule has 8 heteroatoms. The Kier molecular flexibility index (Phi) is 5.39. The van der Waals surface area contributed by atoms with Gasteiger partial charge in [0.2, 0.25) is 0 Å². The number of rotatable bonds is 6. The summed E-state index contributed by atoms with van der Waals surface area (Å²) < 4.78 is 43.0. The SMILES string of the molecule is COc1cnc2[nH]cc(Cc3ccc(CCc4ccc(C(F)(F)F)nc4)nc3)c2c1. The minimum Gasteiger partial charge on any atom is -0.495 e. The van der Waals surface area contributed by atoms with E-state index in [-0.39, 0.29) is 0 Å². The first-order valence-electron chi connectivity index (χ1n) is 9.38. The predicted octanol–water partition coefficient (Wildman–Crippen LogP) is 4.76. The fourth-order valence-electron chi connectivity index (χ4n) is 3.24. The Morgan fingerprint density at radius 3 is 2.40 bits per heavy atom. The Bertz CT molecular complexity index is 1140. The number of halogens is 3. The smallest absolute Gasteiger partial charge is 0.433 e. The number of hydrogen-bond donors (Lipinski definition) is 1. The van der Waals surface area contributed by atoms with Crippen molar-refractivity contribution in [2.24, 2.45) is 0 Å². The van der Waals surface area contributed by atoms with Gasteiger partial charge in [0.1, 0.15) is 17.1 Å². The molecule has 0 saturated carbocycles. The van der Waals surface area contributed by atoms with Gasteiger partial charge < -0.3 is 9.72 Å². The maximum atomic E-state index is 12.6. The second-order valence-electron chi connectivity index (χ2n) is 6.97. The molecule has 0 fully saturated rings. The first kappa shape index (κ1) is 19.9. The summed E-state index contributed by atoms with van der Waals surface area (Å²) in [7, 11) is 1.61. The van der Waals surface area contributed by atoms with E-state index in [1.165, 1.54) is 12.3 Å². The number of alkyl halides is 3. The number of aromatic nitrogens is 4. The van der Waals surface area contributed by atoms with Crippen LogP contribution < -0.4 is 4.74 Å². The normalized spacial score (nSPS) is 11.7. The highest BCUT2D eigenvalue weighted by Crippen LogP contribution is 2.27. The van der Waals surface area contributed by atoms with E-state index in [1.807, 2.05) is 30.6 Å². The van der Waals surface area contributed by atoms with Crippen LogP contribution in [0.5, 0.6) is 5.75 Å². The summed E-state index contributed by atoms with van der Waals surface area (Å²) in [6.07, 6.45) is 4.19. The lowest BCUT2D eigenvalue weighted by Gasteiger charge is -2.07. The monoisotopic (exact) mass is 412 g/mol. The van der Waals surface area contributed by atoms with E-state index < -0.39 is 11.9 Å². The van der Waals surface area contributed by atoms with Gasteiger partial charge in [0.05, 0.1) is 13.3 Å². The van der Waals surface area contributed by atoms with Crippen LogP contribution in [0.15, 0.2) is 55.1 Å². The summed E-state index contributed by atoms with van der Waals surface area (Å²) in [5.41, 5.74) is 3.70. The standard InChI is InChI=1S/C22H19F3N4O/c1-30-18-9-19-16(12-28-21(19)29-13-18)8-15-3-6-17(26-11-15)5-2-14-4-7-20(27-10-14)22(23,24)25/h3-4,6-7,9-13H,2,5,8H2,1H3,(H,28,29). The summed E-state index contributed by atoms with van der Waals surface area (Å²) in [6, 6.07) is 8.38. The highest BCUT2D eigenvalue weighted by Gasteiger charge is 2.31. The number of aromatic amines is 1. The molecule has 0 spiro atoms. The van der Waals surface area contributed by atoms with Crippen LogP contribution in [-0.4, -0.2) is 27.0 Å². The molecule has 4 aromatic heterocycles. The van der Waals surface area contributed by atoms with Crippen LogP contribution in [-0.2, 0) is 25.4 Å². The molecule has 0 radical (unpaired) electrons. The molecule has 154 valence electrons. The lowest BCUT2D eigenvalue weighted by Crippen LogP contribution is -2.07. The van der Waals surface area contributed by atoms with Crippen molar-refractivity contribution in [3.8, 4) is 5.75 Å². The van der Waals surface area contributed by atoms with Crippen LogP contribution in [0.3, 0.4) is 0 Å². The first-order valence-corrected chi connectivity index (χ1v) is 9.38. The van der Waals surface area contributed by atoms with Gasteiger partial charge in [-0.15, -0.1) is 0 Å². The third-order valence-electron chi connectivity index (χ3n) is 4.89. The molecule has 0 atom stereocenters. The molecule has 0 bridgehead atoms. The second kappa shape index (κ2) is 8.14. The van der Waals surface area contributed by atoms with E-state index in [9.17, 15) is 13.2 Å². The van der Waals surface area contributed by atoms with Crippen LogP contribution in [0.2, 0.25) is 0 Å². The van der Waals surface area contributed by atoms with Gasteiger partial charge in [0.15, 0.2) is 0 Å². The molecule has 0 aromatic carbocycles. The zero-order chi connectivity index (χ0) is 21.1. The Morgan fingerprint density at radius 2 is 1.73 bits per heavy atom. The molecule has 0 aliphatic carbocycles. The number of H-pyrrole nitrogens is 1. The van der Waals surface area contributed by atoms with Crippen molar-refractivity contribution < 1.29 is 17.9 Å². The Morgan fingerprint density at radius 1 is 0.933 bits per heavy atom. The Hall–Kier alpha value is -3.42. The van der Waals surface area contributed by atoms with Gasteiger partial charge in [-0.1, -0.05) is 12.1 Å². The van der Waals surface area contributed by atoms with E-state index in [4.69, 9.17) is 4.74 Å². The first-order chi connectivity index (χ1) is 14.4. The lowest BCUT2D eigenvalue weighted by molar-refractivity contribution is -0.141. The minimum atomic E-state index is -4.41. The van der Waals surface area contributed by atoms with Crippen molar-refractivity contribution in [3.05, 3.63) is 83.2 Å². The maximum absolute atomic E-state index is 12.6. The number of aryl methyl sites for hydroxylation is 2. The molecule has 1 N–H and O–H groups in total. The average Bonchev–Trinajstić information content (AvgIpc) is 3.15. The molecule has 0 aliphatic rings. The fourth-order valence-corrected chi connectivity index (χ4v) is 3.24. The third kappa shape index (κ3) is 4.42. The zero-order valence-corrected chi connectivity index (χ0v) is 16.2. The molecule has 0 unspecified atom stereocenters. The molecule has 5 nitrogen and oxygen atoms in total. The fraction of sp³-hybridized carbons (Fsp3) is 0.227. The number of nitrogens with zero attached hydrogens (tertiary/aromatic N) is 3. The second-order valence-corrected chi connectivity index (χ2v) is 6.97. The molecule has 0 saturated heterocycles. The van der Waals surface area contributed by atoms with Crippen LogP contribution in [0, 0.1) is 0 Å². The number of fused-ring (bicyclic) bond motifs is 1. The summed E-state index contributed by atoms with van der Waals surface area (Å²) in [5, 5.41) is 1.01. The van der Waals surface area contributed by atoms with Crippen molar-refractivity contribution in [2.75, 3.05) is 7.11 Å². The molecular weight excluding hydrogens is 393 g/mol. The predicted molar refractivity (Wildman–Crippen MR) is 106 cm³/mol. The molecular formula is C22H19F3N4O. The molecule has 4 heterocycles. The lowest BCUT2D eigenvalue weighted by atomic mass is 10.1. The molecule has 4 aromatic rings. The van der Waals surface area contributed by atoms with Gasteiger partial charge in [-0.25, -0.2) is 4.98 Å². The average molecular weight is 412 g/mol. The number of ether oxygens (including phenoxy) is 1. The number of nitrogens with one attached hydrogen (secondary N) is 1. The summed E-state index contributed by atoms with van der Waals surface area (Å²) in [6.45, 7) is 0. The number of pyridine rings is 3. The molecule has 4 rings (SSSR count). The van der Waals surface area contributed by atoms with Crippen molar-refractivity contribution in [1.82, 2.24) is 19.9 Å². The van der Waals surface area contributed by atoms with Gasteiger partial charge >= 0.3 is 6.18 Å². The van der Waals surface area contributed by atoms with Crippen molar-refractivity contribution in [2.45, 2.75) is 25.4 Å². The van der Waals surface area contributed by atoms with Crippen LogP contribution in [0.4, 0.5) is 13.2 Å².